The third kappa shape index (κ3) is 3.43. The Kier molecular flexibility index (Phi) is 5.25. The first-order valence-corrected chi connectivity index (χ1v) is 11.4. The van der Waals surface area contributed by atoms with Crippen molar-refractivity contribution in [1.29, 1.82) is 0 Å². The number of nitrogen functional groups attached to an aromatic ring is 1. The van der Waals surface area contributed by atoms with Crippen LogP contribution in [0.4, 0.5) is 15.9 Å². The van der Waals surface area contributed by atoms with Crippen LogP contribution >= 0.6 is 23.2 Å². The SMILES string of the molecule is CN(C)C(=O)c1c(N)ccc(-c2cnc3c(c2Cl)[C@]2(CC[C@H](n4cc(Cl)cn4)C2)CN3)c1F. The van der Waals surface area contributed by atoms with Gasteiger partial charge in [-0.2, -0.15) is 5.10 Å². The topological polar surface area (TPSA) is 89.1 Å². The lowest BCUT2D eigenvalue weighted by Gasteiger charge is -2.25. The zero-order valence-corrected chi connectivity index (χ0v) is 19.7. The van der Waals surface area contributed by atoms with E-state index in [2.05, 4.69) is 15.4 Å². The number of carbonyl (C=O) groups excluding carboxylic acids is 1. The maximum absolute atomic E-state index is 15.6. The van der Waals surface area contributed by atoms with Crippen LogP contribution < -0.4 is 11.1 Å². The Balaban J connectivity index is 1.58. The normalized spacial score (nSPS) is 21.3. The fourth-order valence-corrected chi connectivity index (χ4v) is 5.69. The van der Waals surface area contributed by atoms with Crippen molar-refractivity contribution in [2.24, 2.45) is 0 Å². The second kappa shape index (κ2) is 7.88. The van der Waals surface area contributed by atoms with Gasteiger partial charge < -0.3 is 16.0 Å². The summed E-state index contributed by atoms with van der Waals surface area (Å²) in [5.41, 5.74) is 7.13. The Morgan fingerprint density at radius 3 is 2.79 bits per heavy atom. The molecule has 1 saturated carbocycles. The molecule has 33 heavy (non-hydrogen) atoms. The molecule has 1 spiro atoms. The summed E-state index contributed by atoms with van der Waals surface area (Å²) in [7, 11) is 3.10. The molecule has 2 aromatic heterocycles. The highest BCUT2D eigenvalue weighted by molar-refractivity contribution is 6.34. The summed E-state index contributed by atoms with van der Waals surface area (Å²) in [4.78, 5) is 18.4. The summed E-state index contributed by atoms with van der Waals surface area (Å²) in [6, 6.07) is 3.26. The summed E-state index contributed by atoms with van der Waals surface area (Å²) < 4.78 is 17.5. The third-order valence-electron chi connectivity index (χ3n) is 6.75. The second-order valence-corrected chi connectivity index (χ2v) is 9.78. The van der Waals surface area contributed by atoms with Crippen molar-refractivity contribution in [1.82, 2.24) is 19.7 Å². The number of anilines is 2. The molecule has 1 fully saturated rings. The molecule has 1 aromatic carbocycles. The van der Waals surface area contributed by atoms with Crippen molar-refractivity contribution < 1.29 is 9.18 Å². The first-order chi connectivity index (χ1) is 15.7. The largest absolute Gasteiger partial charge is 0.398 e. The van der Waals surface area contributed by atoms with E-state index in [-0.39, 0.29) is 28.3 Å². The third-order valence-corrected chi connectivity index (χ3v) is 7.34. The number of amides is 1. The fraction of sp³-hybridized carbons (Fsp3) is 0.348. The molecule has 0 saturated heterocycles. The highest BCUT2D eigenvalue weighted by atomic mass is 35.5. The number of hydrogen-bond acceptors (Lipinski definition) is 5. The molecule has 1 amide bonds. The number of halogens is 3. The summed E-state index contributed by atoms with van der Waals surface area (Å²) in [6.07, 6.45) is 7.62. The predicted molar refractivity (Wildman–Crippen MR) is 127 cm³/mol. The van der Waals surface area contributed by atoms with Crippen molar-refractivity contribution in [2.75, 3.05) is 31.7 Å². The highest BCUT2D eigenvalue weighted by Gasteiger charge is 2.48. The van der Waals surface area contributed by atoms with Crippen LogP contribution in [0.15, 0.2) is 30.7 Å². The van der Waals surface area contributed by atoms with Crippen molar-refractivity contribution in [3.8, 4) is 11.1 Å². The number of carbonyl (C=O) groups is 1. The number of benzene rings is 1. The number of nitrogens with zero attached hydrogens (tertiary/aromatic N) is 4. The minimum absolute atomic E-state index is 0.0786. The molecule has 2 atom stereocenters. The van der Waals surface area contributed by atoms with Crippen LogP contribution in [0.2, 0.25) is 10.0 Å². The number of aromatic nitrogens is 3. The summed E-state index contributed by atoms with van der Waals surface area (Å²) in [6.45, 7) is 0.693. The first-order valence-electron chi connectivity index (χ1n) is 10.6. The van der Waals surface area contributed by atoms with E-state index in [1.807, 2.05) is 10.9 Å². The Labute approximate surface area is 200 Å². The molecule has 3 aromatic rings. The Morgan fingerprint density at radius 2 is 2.09 bits per heavy atom. The van der Waals surface area contributed by atoms with Crippen LogP contribution in [0.25, 0.3) is 11.1 Å². The van der Waals surface area contributed by atoms with Crippen molar-refractivity contribution in [3.63, 3.8) is 0 Å². The fourth-order valence-electron chi connectivity index (χ4n) is 5.10. The molecule has 0 bridgehead atoms. The smallest absolute Gasteiger partial charge is 0.258 e. The van der Waals surface area contributed by atoms with Gasteiger partial charge in [-0.1, -0.05) is 23.2 Å². The molecular formula is C23H23Cl2FN6O. The molecule has 3 N–H and O–H groups in total. The molecule has 0 unspecified atom stereocenters. The zero-order chi connectivity index (χ0) is 23.5. The molecule has 3 heterocycles. The van der Waals surface area contributed by atoms with Crippen molar-refractivity contribution >= 4 is 40.6 Å². The van der Waals surface area contributed by atoms with Crippen LogP contribution in [0.5, 0.6) is 0 Å². The second-order valence-electron chi connectivity index (χ2n) is 8.97. The summed E-state index contributed by atoms with van der Waals surface area (Å²) in [5.74, 6) is -0.497. The van der Waals surface area contributed by atoms with Crippen LogP contribution in [-0.4, -0.2) is 46.2 Å². The summed E-state index contributed by atoms with van der Waals surface area (Å²) >= 11 is 13.0. The van der Waals surface area contributed by atoms with E-state index in [4.69, 9.17) is 28.9 Å². The van der Waals surface area contributed by atoms with Gasteiger partial charge in [0, 0.05) is 60.8 Å². The van der Waals surface area contributed by atoms with Gasteiger partial charge in [-0.15, -0.1) is 0 Å². The van der Waals surface area contributed by atoms with E-state index in [1.54, 1.807) is 32.6 Å². The maximum Gasteiger partial charge on any atom is 0.258 e. The molecule has 0 radical (unpaired) electrons. The zero-order valence-electron chi connectivity index (χ0n) is 18.2. The van der Waals surface area contributed by atoms with Crippen molar-refractivity contribution in [2.45, 2.75) is 30.7 Å². The number of nitrogens with two attached hydrogens (primary N) is 1. The van der Waals surface area contributed by atoms with Crippen LogP contribution in [0.1, 0.15) is 41.2 Å². The van der Waals surface area contributed by atoms with Gasteiger partial charge in [-0.05, 0) is 31.4 Å². The van der Waals surface area contributed by atoms with Gasteiger partial charge in [-0.3, -0.25) is 9.48 Å². The van der Waals surface area contributed by atoms with Gasteiger partial charge in [-0.25, -0.2) is 9.37 Å². The predicted octanol–water partition coefficient (Wildman–Crippen LogP) is 4.76. The Morgan fingerprint density at radius 1 is 1.30 bits per heavy atom. The van der Waals surface area contributed by atoms with E-state index >= 15 is 4.39 Å². The van der Waals surface area contributed by atoms with Crippen LogP contribution in [0, 0.1) is 5.82 Å². The number of nitrogens with one attached hydrogen (secondary N) is 1. The molecule has 1 aliphatic heterocycles. The average molecular weight is 489 g/mol. The van der Waals surface area contributed by atoms with E-state index in [0.717, 1.165) is 24.8 Å². The van der Waals surface area contributed by atoms with Crippen molar-refractivity contribution in [3.05, 3.63) is 57.7 Å². The molecule has 5 rings (SSSR count). The van der Waals surface area contributed by atoms with E-state index in [9.17, 15) is 4.79 Å². The molecule has 172 valence electrons. The molecular weight excluding hydrogens is 466 g/mol. The number of rotatable bonds is 3. The van der Waals surface area contributed by atoms with Gasteiger partial charge in [0.1, 0.15) is 11.6 Å². The lowest BCUT2D eigenvalue weighted by Crippen LogP contribution is -2.26. The minimum atomic E-state index is -0.701. The number of hydrogen-bond donors (Lipinski definition) is 2. The van der Waals surface area contributed by atoms with Gasteiger partial charge in [0.2, 0.25) is 0 Å². The number of fused-ring (bicyclic) bond motifs is 2. The first kappa shape index (κ1) is 22.0. The Bertz CT molecular complexity index is 1280. The summed E-state index contributed by atoms with van der Waals surface area (Å²) in [5, 5.41) is 8.79. The van der Waals surface area contributed by atoms with Gasteiger partial charge in [0.15, 0.2) is 0 Å². The monoisotopic (exact) mass is 488 g/mol. The highest BCUT2D eigenvalue weighted by Crippen LogP contribution is 2.54. The lowest BCUT2D eigenvalue weighted by atomic mass is 9.80. The quantitative estimate of drug-likeness (QED) is 0.518. The average Bonchev–Trinajstić information content (AvgIpc) is 3.49. The number of pyridine rings is 1. The molecule has 1 aliphatic carbocycles. The van der Waals surface area contributed by atoms with E-state index in [0.29, 0.717) is 28.0 Å². The molecule has 2 aliphatic rings. The van der Waals surface area contributed by atoms with Gasteiger partial charge in [0.05, 0.1) is 27.8 Å². The lowest BCUT2D eigenvalue weighted by molar-refractivity contribution is 0.0824. The van der Waals surface area contributed by atoms with Crippen LogP contribution in [0.3, 0.4) is 0 Å². The van der Waals surface area contributed by atoms with Gasteiger partial charge >= 0.3 is 0 Å². The molecule has 7 nitrogen and oxygen atoms in total. The van der Waals surface area contributed by atoms with E-state index < -0.39 is 11.7 Å². The maximum atomic E-state index is 15.6. The Hall–Kier alpha value is -2.84. The standard InChI is InChI=1S/C23H23Cl2FN6O/c1-31(2)22(33)17-16(27)4-3-14(20(17)26)15-9-28-21-18(19(15)25)23(11-29-21)6-5-13(7-23)32-10-12(24)8-30-32/h3-4,8-10,13H,5-7,11,27H2,1-2H3,(H,28,29)/t13-,23-/m0/s1. The molecule has 10 heteroatoms. The van der Waals surface area contributed by atoms with Gasteiger partial charge in [0.25, 0.3) is 5.91 Å². The van der Waals surface area contributed by atoms with Crippen LogP contribution in [-0.2, 0) is 5.41 Å². The van der Waals surface area contributed by atoms with E-state index in [1.165, 1.54) is 11.0 Å². The minimum Gasteiger partial charge on any atom is -0.398 e.